The van der Waals surface area contributed by atoms with E-state index < -0.39 is 0 Å². The average Bonchev–Trinajstić information content (AvgIpc) is 2.90. The number of amides is 1. The molecule has 0 radical (unpaired) electrons. The first-order chi connectivity index (χ1) is 11.3. The minimum Gasteiger partial charge on any atom is -0.423 e. The molecule has 5 nitrogen and oxygen atoms in total. The Kier molecular flexibility index (Phi) is 4.03. The maximum absolute atomic E-state index is 12.7. The van der Waals surface area contributed by atoms with E-state index in [1.54, 1.807) is 0 Å². The number of aromatic nitrogens is 2. The van der Waals surface area contributed by atoms with Crippen LogP contribution in [0.1, 0.15) is 33.3 Å². The maximum atomic E-state index is 12.7. The molecule has 1 saturated carbocycles. The van der Waals surface area contributed by atoms with Gasteiger partial charge in [-0.05, 0) is 49.8 Å². The summed E-state index contributed by atoms with van der Waals surface area (Å²) in [6.45, 7) is 10.4. The fourth-order valence-electron chi connectivity index (χ4n) is 3.25. The molecule has 2 atom stereocenters. The lowest BCUT2D eigenvalue weighted by molar-refractivity contribution is -0.118. The minimum absolute atomic E-state index is 0.000640. The highest BCUT2D eigenvalue weighted by Crippen LogP contribution is 2.59. The summed E-state index contributed by atoms with van der Waals surface area (Å²) in [6, 6.07) is 5.73. The second-order valence-electron chi connectivity index (χ2n) is 7.33. The highest BCUT2D eigenvalue weighted by Gasteiger charge is 2.60. The Hall–Kier alpha value is -2.43. The molecule has 1 aromatic heterocycles. The van der Waals surface area contributed by atoms with Crippen molar-refractivity contribution in [2.75, 3.05) is 5.32 Å². The van der Waals surface area contributed by atoms with Crippen molar-refractivity contribution in [3.63, 3.8) is 0 Å². The molecule has 1 N–H and O–H groups in total. The summed E-state index contributed by atoms with van der Waals surface area (Å²) < 4.78 is 5.23. The van der Waals surface area contributed by atoms with Crippen molar-refractivity contribution >= 4 is 11.6 Å². The molecule has 126 valence electrons. The van der Waals surface area contributed by atoms with Gasteiger partial charge in [0.2, 0.25) is 18.2 Å². The SMILES string of the molecule is CC(C)=C[C@@H]1[C@H](C(=O)Nc2cc(-c3nnco3)ccc2C)C1(C)C. The van der Waals surface area contributed by atoms with Gasteiger partial charge in [-0.25, -0.2) is 0 Å². The summed E-state index contributed by atoms with van der Waals surface area (Å²) in [5.74, 6) is 0.800. The highest BCUT2D eigenvalue weighted by molar-refractivity contribution is 5.96. The lowest BCUT2D eigenvalue weighted by Gasteiger charge is -2.10. The zero-order valence-electron chi connectivity index (χ0n) is 14.8. The zero-order chi connectivity index (χ0) is 17.5. The molecule has 1 aromatic carbocycles. The quantitative estimate of drug-likeness (QED) is 0.855. The Morgan fingerprint density at radius 3 is 2.71 bits per heavy atom. The monoisotopic (exact) mass is 325 g/mol. The lowest BCUT2D eigenvalue weighted by Crippen LogP contribution is -2.17. The first-order valence-corrected chi connectivity index (χ1v) is 8.14. The molecule has 24 heavy (non-hydrogen) atoms. The number of hydrogen-bond acceptors (Lipinski definition) is 4. The van der Waals surface area contributed by atoms with Crippen LogP contribution in [0, 0.1) is 24.2 Å². The topological polar surface area (TPSA) is 68.0 Å². The number of nitrogens with one attached hydrogen (secondary N) is 1. The lowest BCUT2D eigenvalue weighted by atomic mass is 10.1. The molecular weight excluding hydrogens is 302 g/mol. The summed E-state index contributed by atoms with van der Waals surface area (Å²) in [4.78, 5) is 12.7. The Bertz CT molecular complexity index is 787. The highest BCUT2D eigenvalue weighted by atomic mass is 16.4. The van der Waals surface area contributed by atoms with Crippen LogP contribution >= 0.6 is 0 Å². The van der Waals surface area contributed by atoms with Gasteiger partial charge in [-0.15, -0.1) is 10.2 Å². The van der Waals surface area contributed by atoms with Crippen LogP contribution in [0.4, 0.5) is 5.69 Å². The van der Waals surface area contributed by atoms with Gasteiger partial charge in [0.1, 0.15) is 0 Å². The van der Waals surface area contributed by atoms with Crippen LogP contribution in [-0.4, -0.2) is 16.1 Å². The molecule has 0 unspecified atom stereocenters. The molecule has 1 fully saturated rings. The zero-order valence-corrected chi connectivity index (χ0v) is 14.8. The third-order valence-electron chi connectivity index (χ3n) is 4.81. The first-order valence-electron chi connectivity index (χ1n) is 8.14. The van der Waals surface area contributed by atoms with Gasteiger partial charge in [0.05, 0.1) is 5.92 Å². The molecule has 2 aromatic rings. The van der Waals surface area contributed by atoms with E-state index in [-0.39, 0.29) is 17.2 Å². The van der Waals surface area contributed by atoms with Gasteiger partial charge >= 0.3 is 0 Å². The van der Waals surface area contributed by atoms with E-state index in [0.717, 1.165) is 16.8 Å². The number of aryl methyl sites for hydroxylation is 1. The van der Waals surface area contributed by atoms with E-state index in [1.165, 1.54) is 12.0 Å². The number of benzene rings is 1. The van der Waals surface area contributed by atoms with Crippen molar-refractivity contribution < 1.29 is 9.21 Å². The van der Waals surface area contributed by atoms with Crippen LogP contribution in [0.25, 0.3) is 11.5 Å². The molecule has 3 rings (SSSR count). The summed E-state index contributed by atoms with van der Waals surface area (Å²) in [7, 11) is 0. The molecular formula is C19H23N3O2. The smallest absolute Gasteiger partial charge is 0.247 e. The van der Waals surface area contributed by atoms with Crippen LogP contribution in [0.2, 0.25) is 0 Å². The predicted molar refractivity (Wildman–Crippen MR) is 93.3 cm³/mol. The number of allylic oxidation sites excluding steroid dienone is 2. The Labute approximate surface area is 142 Å². The van der Waals surface area contributed by atoms with E-state index in [0.29, 0.717) is 11.8 Å². The largest absolute Gasteiger partial charge is 0.423 e. The van der Waals surface area contributed by atoms with Crippen LogP contribution in [-0.2, 0) is 4.79 Å². The van der Waals surface area contributed by atoms with Crippen molar-refractivity contribution in [3.8, 4) is 11.5 Å². The van der Waals surface area contributed by atoms with Crippen LogP contribution in [0.3, 0.4) is 0 Å². The van der Waals surface area contributed by atoms with Gasteiger partial charge < -0.3 is 9.73 Å². The molecule has 0 aliphatic heterocycles. The van der Waals surface area contributed by atoms with E-state index in [1.807, 2.05) is 25.1 Å². The second-order valence-corrected chi connectivity index (χ2v) is 7.33. The third kappa shape index (κ3) is 2.98. The summed E-state index contributed by atoms with van der Waals surface area (Å²) >= 11 is 0. The number of anilines is 1. The molecule has 1 aliphatic carbocycles. The van der Waals surface area contributed by atoms with Crippen molar-refractivity contribution in [1.82, 2.24) is 10.2 Å². The average molecular weight is 325 g/mol. The van der Waals surface area contributed by atoms with E-state index in [2.05, 4.69) is 49.3 Å². The van der Waals surface area contributed by atoms with Gasteiger partial charge in [0.15, 0.2) is 0 Å². The van der Waals surface area contributed by atoms with E-state index in [9.17, 15) is 4.79 Å². The van der Waals surface area contributed by atoms with E-state index in [4.69, 9.17) is 4.42 Å². The Balaban J connectivity index is 1.80. The van der Waals surface area contributed by atoms with Crippen LogP contribution in [0.5, 0.6) is 0 Å². The van der Waals surface area contributed by atoms with Crippen molar-refractivity contribution in [3.05, 3.63) is 41.8 Å². The van der Waals surface area contributed by atoms with Crippen molar-refractivity contribution in [1.29, 1.82) is 0 Å². The van der Waals surface area contributed by atoms with Gasteiger partial charge in [-0.3, -0.25) is 4.79 Å². The van der Waals surface area contributed by atoms with Gasteiger partial charge in [-0.1, -0.05) is 31.6 Å². The fraction of sp³-hybridized carbons (Fsp3) is 0.421. The van der Waals surface area contributed by atoms with Crippen LogP contribution < -0.4 is 5.32 Å². The molecule has 1 amide bonds. The van der Waals surface area contributed by atoms with Gasteiger partial charge in [-0.2, -0.15) is 0 Å². The fourth-order valence-corrected chi connectivity index (χ4v) is 3.25. The van der Waals surface area contributed by atoms with Gasteiger partial charge in [0.25, 0.3) is 0 Å². The van der Waals surface area contributed by atoms with Crippen LogP contribution in [0.15, 0.2) is 40.7 Å². The minimum atomic E-state index is -0.00106. The Morgan fingerprint density at radius 2 is 2.08 bits per heavy atom. The Morgan fingerprint density at radius 1 is 1.33 bits per heavy atom. The number of nitrogens with zero attached hydrogens (tertiary/aromatic N) is 2. The predicted octanol–water partition coefficient (Wildman–Crippen LogP) is 4.22. The second kappa shape index (κ2) is 5.89. The van der Waals surface area contributed by atoms with E-state index >= 15 is 0 Å². The summed E-state index contributed by atoms with van der Waals surface area (Å²) in [6.07, 6.45) is 3.50. The molecule has 0 bridgehead atoms. The number of carbonyl (C=O) groups is 1. The standard InChI is InChI=1S/C19H23N3O2/c1-11(2)8-14-16(19(14,4)5)17(23)21-15-9-13(7-6-12(15)3)18-22-20-10-24-18/h6-10,14,16H,1-5H3,(H,21,23)/t14-,16-/m1/s1. The number of hydrogen-bond donors (Lipinski definition) is 1. The number of rotatable bonds is 4. The maximum Gasteiger partial charge on any atom is 0.247 e. The third-order valence-corrected chi connectivity index (χ3v) is 4.81. The molecule has 0 saturated heterocycles. The van der Waals surface area contributed by atoms with Gasteiger partial charge in [0, 0.05) is 11.3 Å². The molecule has 1 aliphatic rings. The van der Waals surface area contributed by atoms with Crippen molar-refractivity contribution in [2.24, 2.45) is 17.3 Å². The summed E-state index contributed by atoms with van der Waals surface area (Å²) in [5.41, 5.74) is 3.83. The molecule has 0 spiro atoms. The number of carbonyl (C=O) groups excluding carboxylic acids is 1. The first kappa shape index (κ1) is 16.4. The van der Waals surface area contributed by atoms with Crippen molar-refractivity contribution in [2.45, 2.75) is 34.6 Å². The normalized spacial score (nSPS) is 21.2. The molecule has 5 heteroatoms. The summed E-state index contributed by atoms with van der Waals surface area (Å²) in [5, 5.41) is 10.7. The molecule has 1 heterocycles.